The number of carbonyl (C=O) groups is 1. The molecule has 0 radical (unpaired) electrons. The van der Waals surface area contributed by atoms with E-state index in [9.17, 15) is 4.79 Å². The van der Waals surface area contributed by atoms with Crippen LogP contribution in [0.3, 0.4) is 0 Å². The first-order valence-electron chi connectivity index (χ1n) is 6.65. The Morgan fingerprint density at radius 2 is 1.95 bits per heavy atom. The van der Waals surface area contributed by atoms with Crippen LogP contribution in [0.4, 0.5) is 0 Å². The number of tetrazole rings is 1. The van der Waals surface area contributed by atoms with E-state index in [4.69, 9.17) is 5.11 Å². The zero-order chi connectivity index (χ0) is 14.4. The Balaban J connectivity index is 2.14. The van der Waals surface area contributed by atoms with Crippen molar-refractivity contribution >= 4 is 5.97 Å². The third-order valence-corrected chi connectivity index (χ3v) is 4.85. The monoisotopic (exact) mass is 266 g/mol. The zero-order valence-electron chi connectivity index (χ0n) is 12.2. The Morgan fingerprint density at radius 1 is 1.37 bits per heavy atom. The maximum atomic E-state index is 10.7. The molecule has 1 aromatic heterocycles. The van der Waals surface area contributed by atoms with Crippen LogP contribution in [-0.2, 0) is 11.3 Å². The van der Waals surface area contributed by atoms with Crippen molar-refractivity contribution in [1.29, 1.82) is 0 Å². The quantitative estimate of drug-likeness (QED) is 0.880. The molecule has 1 fully saturated rings. The van der Waals surface area contributed by atoms with Gasteiger partial charge >= 0.3 is 5.97 Å². The number of aromatic nitrogens is 4. The molecule has 19 heavy (non-hydrogen) atoms. The molecule has 1 aromatic rings. The van der Waals surface area contributed by atoms with Crippen molar-refractivity contribution in [3.05, 3.63) is 5.82 Å². The lowest BCUT2D eigenvalue weighted by atomic mass is 10.0. The van der Waals surface area contributed by atoms with Gasteiger partial charge in [0.1, 0.15) is 0 Å². The van der Waals surface area contributed by atoms with E-state index in [1.54, 1.807) is 4.68 Å². The minimum Gasteiger partial charge on any atom is -0.481 e. The van der Waals surface area contributed by atoms with Gasteiger partial charge in [-0.05, 0) is 27.2 Å². The van der Waals surface area contributed by atoms with Crippen LogP contribution in [0.5, 0.6) is 0 Å². The first-order chi connectivity index (χ1) is 8.68. The predicted molar refractivity (Wildman–Crippen MR) is 69.5 cm³/mol. The maximum absolute atomic E-state index is 10.7. The van der Waals surface area contributed by atoms with Crippen molar-refractivity contribution in [3.8, 4) is 0 Å². The molecule has 6 heteroatoms. The summed E-state index contributed by atoms with van der Waals surface area (Å²) in [6, 6.07) is 0. The number of hydrogen-bond donors (Lipinski definition) is 1. The Hall–Kier alpha value is -1.46. The number of rotatable bonds is 5. The van der Waals surface area contributed by atoms with E-state index >= 15 is 0 Å². The summed E-state index contributed by atoms with van der Waals surface area (Å²) in [4.78, 5) is 10.7. The molecule has 0 saturated heterocycles. The van der Waals surface area contributed by atoms with Crippen molar-refractivity contribution < 1.29 is 9.90 Å². The largest absolute Gasteiger partial charge is 0.481 e. The number of carboxylic acids is 1. The van der Waals surface area contributed by atoms with Gasteiger partial charge in [0.2, 0.25) is 0 Å². The van der Waals surface area contributed by atoms with Crippen LogP contribution < -0.4 is 0 Å². The molecule has 1 aliphatic carbocycles. The van der Waals surface area contributed by atoms with E-state index in [-0.39, 0.29) is 23.2 Å². The van der Waals surface area contributed by atoms with Gasteiger partial charge in [-0.3, -0.25) is 4.79 Å². The lowest BCUT2D eigenvalue weighted by molar-refractivity contribution is -0.138. The third-order valence-electron chi connectivity index (χ3n) is 4.85. The second-order valence-corrected chi connectivity index (χ2v) is 6.80. The second-order valence-electron chi connectivity index (χ2n) is 6.80. The smallest absolute Gasteiger partial charge is 0.303 e. The summed E-state index contributed by atoms with van der Waals surface area (Å²) >= 11 is 0. The molecule has 2 rings (SSSR count). The van der Waals surface area contributed by atoms with Crippen molar-refractivity contribution in [2.45, 2.75) is 53.5 Å². The van der Waals surface area contributed by atoms with Gasteiger partial charge in [0, 0.05) is 18.9 Å². The molecule has 1 aliphatic rings. The summed E-state index contributed by atoms with van der Waals surface area (Å²) in [5, 5.41) is 20.7. The molecule has 1 N–H and O–H groups in total. The van der Waals surface area contributed by atoms with Gasteiger partial charge < -0.3 is 5.11 Å². The van der Waals surface area contributed by atoms with E-state index in [0.717, 1.165) is 5.82 Å². The SMILES string of the molecule is CC(CC(=O)O)Cn1nnnc1C1C(C)(C)C1(C)C. The first-order valence-corrected chi connectivity index (χ1v) is 6.65. The van der Waals surface area contributed by atoms with Crippen molar-refractivity contribution in [3.63, 3.8) is 0 Å². The Kier molecular flexibility index (Phi) is 3.15. The fraction of sp³-hybridized carbons (Fsp3) is 0.846. The number of carboxylic acid groups (broad SMARTS) is 1. The lowest BCUT2D eigenvalue weighted by Crippen LogP contribution is -2.16. The fourth-order valence-electron chi connectivity index (χ4n) is 3.05. The maximum Gasteiger partial charge on any atom is 0.303 e. The van der Waals surface area contributed by atoms with Crippen molar-refractivity contribution in [2.24, 2.45) is 16.7 Å². The highest BCUT2D eigenvalue weighted by molar-refractivity contribution is 5.66. The molecule has 106 valence electrons. The molecule has 0 aromatic carbocycles. The fourth-order valence-corrected chi connectivity index (χ4v) is 3.05. The lowest BCUT2D eigenvalue weighted by Gasteiger charge is -2.10. The molecule has 1 unspecified atom stereocenters. The summed E-state index contributed by atoms with van der Waals surface area (Å²) in [6.07, 6.45) is 0.136. The summed E-state index contributed by atoms with van der Waals surface area (Å²) in [5.41, 5.74) is 0.352. The predicted octanol–water partition coefficient (Wildman–Crippen LogP) is 1.93. The Morgan fingerprint density at radius 3 is 2.42 bits per heavy atom. The van der Waals surface area contributed by atoms with Gasteiger partial charge in [0.15, 0.2) is 5.82 Å². The highest BCUT2D eigenvalue weighted by Gasteiger charge is 2.67. The van der Waals surface area contributed by atoms with Gasteiger partial charge in [-0.1, -0.05) is 34.6 Å². The molecule has 0 amide bonds. The van der Waals surface area contributed by atoms with E-state index in [2.05, 4.69) is 43.2 Å². The Labute approximate surface area is 113 Å². The van der Waals surface area contributed by atoms with Crippen LogP contribution in [0.25, 0.3) is 0 Å². The second kappa shape index (κ2) is 4.28. The topological polar surface area (TPSA) is 80.9 Å². The van der Waals surface area contributed by atoms with Crippen LogP contribution in [0.1, 0.15) is 52.8 Å². The minimum absolute atomic E-state index is 0.0183. The van der Waals surface area contributed by atoms with Gasteiger partial charge in [0.05, 0.1) is 0 Å². The van der Waals surface area contributed by atoms with Crippen molar-refractivity contribution in [1.82, 2.24) is 20.2 Å². The standard InChI is InChI=1S/C13H22N4O2/c1-8(6-9(18)19)7-17-11(14-15-16-17)10-12(2,3)13(10,4)5/h8,10H,6-7H2,1-5H3,(H,18,19). The highest BCUT2D eigenvalue weighted by atomic mass is 16.4. The van der Waals surface area contributed by atoms with Gasteiger partial charge in [-0.2, -0.15) is 0 Å². The summed E-state index contributed by atoms with van der Waals surface area (Å²) in [7, 11) is 0. The summed E-state index contributed by atoms with van der Waals surface area (Å²) in [5.74, 6) is 0.443. The molecule has 1 atom stereocenters. The first kappa shape index (κ1) is 14.0. The van der Waals surface area contributed by atoms with E-state index < -0.39 is 5.97 Å². The average Bonchev–Trinajstić information content (AvgIpc) is 2.59. The van der Waals surface area contributed by atoms with Gasteiger partial charge in [-0.15, -0.1) is 5.10 Å². The van der Waals surface area contributed by atoms with Crippen molar-refractivity contribution in [2.75, 3.05) is 0 Å². The molecular weight excluding hydrogens is 244 g/mol. The molecule has 0 spiro atoms. The minimum atomic E-state index is -0.783. The summed E-state index contributed by atoms with van der Waals surface area (Å²) in [6.45, 7) is 11.3. The Bertz CT molecular complexity index is 479. The van der Waals surface area contributed by atoms with Gasteiger partial charge in [0.25, 0.3) is 0 Å². The molecule has 0 bridgehead atoms. The highest BCUT2D eigenvalue weighted by Crippen LogP contribution is 2.73. The van der Waals surface area contributed by atoms with E-state index in [1.807, 2.05) is 6.92 Å². The molecular formula is C13H22N4O2. The molecule has 1 saturated carbocycles. The van der Waals surface area contributed by atoms with Crippen LogP contribution in [0.2, 0.25) is 0 Å². The normalized spacial score (nSPS) is 22.2. The van der Waals surface area contributed by atoms with E-state index in [0.29, 0.717) is 12.5 Å². The average molecular weight is 266 g/mol. The van der Waals surface area contributed by atoms with Crippen LogP contribution >= 0.6 is 0 Å². The summed E-state index contributed by atoms with van der Waals surface area (Å²) < 4.78 is 1.77. The zero-order valence-corrected chi connectivity index (χ0v) is 12.2. The number of hydrogen-bond acceptors (Lipinski definition) is 4. The van der Waals surface area contributed by atoms with Gasteiger partial charge in [-0.25, -0.2) is 4.68 Å². The molecule has 1 heterocycles. The molecule has 6 nitrogen and oxygen atoms in total. The molecule has 0 aliphatic heterocycles. The third kappa shape index (κ3) is 2.24. The van der Waals surface area contributed by atoms with E-state index in [1.165, 1.54) is 0 Å². The van der Waals surface area contributed by atoms with Crippen LogP contribution in [0.15, 0.2) is 0 Å². The van der Waals surface area contributed by atoms with Crippen LogP contribution in [-0.4, -0.2) is 31.3 Å². The van der Waals surface area contributed by atoms with Crippen LogP contribution in [0, 0.1) is 16.7 Å². The number of aliphatic carboxylic acids is 1. The number of nitrogens with zero attached hydrogens (tertiary/aromatic N) is 4.